The molecule has 3 aromatic heterocycles. The molecule has 6 nitrogen and oxygen atoms in total. The van der Waals surface area contributed by atoms with E-state index in [1.54, 1.807) is 7.05 Å². The molecule has 0 fully saturated rings. The second-order valence-electron chi connectivity index (χ2n) is 5.24. The SMILES string of the molecule is CCS(=O)(=O)c1cccnc1-c1nc2c(C(F)F)c(Br)cnc2n1C. The summed E-state index contributed by atoms with van der Waals surface area (Å²) in [5.41, 5.74) is 0.0512. The highest BCUT2D eigenvalue weighted by atomic mass is 79.9. The van der Waals surface area contributed by atoms with Crippen LogP contribution in [0, 0.1) is 0 Å². The first-order chi connectivity index (χ1) is 11.8. The quantitative estimate of drug-likeness (QED) is 0.632. The van der Waals surface area contributed by atoms with E-state index in [-0.39, 0.29) is 43.4 Å². The van der Waals surface area contributed by atoms with Crippen molar-refractivity contribution in [1.82, 2.24) is 19.5 Å². The summed E-state index contributed by atoms with van der Waals surface area (Å²) in [6.45, 7) is 1.52. The number of imidazole rings is 1. The van der Waals surface area contributed by atoms with Crippen LogP contribution in [0.25, 0.3) is 22.7 Å². The maximum atomic E-state index is 13.4. The predicted molar refractivity (Wildman–Crippen MR) is 92.1 cm³/mol. The molecule has 3 heterocycles. The molecule has 0 spiro atoms. The monoisotopic (exact) mass is 430 g/mol. The zero-order valence-electron chi connectivity index (χ0n) is 13.2. The van der Waals surface area contributed by atoms with Gasteiger partial charge in [0.05, 0.1) is 16.2 Å². The molecule has 0 N–H and O–H groups in total. The van der Waals surface area contributed by atoms with E-state index in [4.69, 9.17) is 0 Å². The summed E-state index contributed by atoms with van der Waals surface area (Å²) in [5.74, 6) is 0.0527. The van der Waals surface area contributed by atoms with Gasteiger partial charge in [-0.3, -0.25) is 4.98 Å². The summed E-state index contributed by atoms with van der Waals surface area (Å²) in [7, 11) is -1.98. The summed E-state index contributed by atoms with van der Waals surface area (Å²) in [6.07, 6.45) is -0.0526. The van der Waals surface area contributed by atoms with Crippen LogP contribution in [-0.2, 0) is 16.9 Å². The van der Waals surface area contributed by atoms with Gasteiger partial charge in [0.15, 0.2) is 21.3 Å². The summed E-state index contributed by atoms with van der Waals surface area (Å²) in [4.78, 5) is 12.5. The first-order valence-corrected chi connectivity index (χ1v) is 9.69. The molecule has 0 atom stereocenters. The van der Waals surface area contributed by atoms with Crippen molar-refractivity contribution in [3.8, 4) is 11.5 Å². The van der Waals surface area contributed by atoms with Gasteiger partial charge in [0.1, 0.15) is 11.2 Å². The maximum absolute atomic E-state index is 13.4. The molecule has 0 saturated carbocycles. The standard InChI is InChI=1S/C15H13BrF2N4O2S/c1-3-25(23,24)9-5-4-6-19-11(9)15-21-12-10(13(17)18)8(16)7-20-14(12)22(15)2/h4-7,13H,3H2,1-2H3. The average Bonchev–Trinajstić information content (AvgIpc) is 2.91. The number of halogens is 3. The van der Waals surface area contributed by atoms with Gasteiger partial charge >= 0.3 is 0 Å². The van der Waals surface area contributed by atoms with Gasteiger partial charge in [-0.15, -0.1) is 0 Å². The summed E-state index contributed by atoms with van der Waals surface area (Å²) < 4.78 is 53.1. The van der Waals surface area contributed by atoms with Gasteiger partial charge < -0.3 is 4.57 Å². The van der Waals surface area contributed by atoms with Crippen molar-refractivity contribution in [1.29, 1.82) is 0 Å². The van der Waals surface area contributed by atoms with E-state index in [1.165, 1.54) is 36.0 Å². The molecule has 25 heavy (non-hydrogen) atoms. The second kappa shape index (κ2) is 6.41. The lowest BCUT2D eigenvalue weighted by Crippen LogP contribution is -2.08. The Bertz CT molecular complexity index is 1070. The van der Waals surface area contributed by atoms with E-state index in [1.807, 2.05) is 0 Å². The van der Waals surface area contributed by atoms with Gasteiger partial charge in [-0.05, 0) is 28.1 Å². The molecular weight excluding hydrogens is 418 g/mol. The van der Waals surface area contributed by atoms with Crippen molar-refractivity contribution >= 4 is 36.9 Å². The third kappa shape index (κ3) is 2.93. The lowest BCUT2D eigenvalue weighted by atomic mass is 10.2. The smallest absolute Gasteiger partial charge is 0.267 e. The van der Waals surface area contributed by atoms with Crippen LogP contribution in [0.5, 0.6) is 0 Å². The lowest BCUT2D eigenvalue weighted by molar-refractivity contribution is 0.152. The molecule has 0 amide bonds. The van der Waals surface area contributed by atoms with Crippen LogP contribution in [-0.4, -0.2) is 33.7 Å². The zero-order chi connectivity index (χ0) is 18.4. The number of aromatic nitrogens is 4. The molecule has 132 valence electrons. The Kier molecular flexibility index (Phi) is 4.58. The molecule has 0 aromatic carbocycles. The number of nitrogens with zero attached hydrogens (tertiary/aromatic N) is 4. The van der Waals surface area contributed by atoms with Crippen molar-refractivity contribution in [2.24, 2.45) is 7.05 Å². The number of alkyl halides is 2. The van der Waals surface area contributed by atoms with E-state index in [2.05, 4.69) is 30.9 Å². The van der Waals surface area contributed by atoms with Gasteiger partial charge in [-0.2, -0.15) is 0 Å². The molecule has 0 aliphatic rings. The van der Waals surface area contributed by atoms with Gasteiger partial charge in [-0.1, -0.05) is 6.92 Å². The first-order valence-electron chi connectivity index (χ1n) is 7.25. The molecular formula is C15H13BrF2N4O2S. The highest BCUT2D eigenvalue weighted by Gasteiger charge is 2.26. The molecule has 0 unspecified atom stereocenters. The Hall–Kier alpha value is -1.94. The molecule has 3 aromatic rings. The van der Waals surface area contributed by atoms with Gasteiger partial charge in [0, 0.05) is 23.9 Å². The van der Waals surface area contributed by atoms with E-state index < -0.39 is 16.3 Å². The normalized spacial score (nSPS) is 12.2. The van der Waals surface area contributed by atoms with Crippen molar-refractivity contribution in [2.45, 2.75) is 18.2 Å². The Balaban J connectivity index is 2.36. The van der Waals surface area contributed by atoms with Gasteiger partial charge in [-0.25, -0.2) is 27.2 Å². The van der Waals surface area contributed by atoms with Gasteiger partial charge in [0.2, 0.25) is 0 Å². The van der Waals surface area contributed by atoms with Crippen molar-refractivity contribution in [3.05, 3.63) is 34.6 Å². The van der Waals surface area contributed by atoms with Crippen LogP contribution in [0.4, 0.5) is 8.78 Å². The largest absolute Gasteiger partial charge is 0.310 e. The predicted octanol–water partition coefficient (Wildman–Crippen LogP) is 3.52. The topological polar surface area (TPSA) is 77.7 Å². The van der Waals surface area contributed by atoms with E-state index >= 15 is 0 Å². The van der Waals surface area contributed by atoms with Crippen LogP contribution in [0.1, 0.15) is 18.9 Å². The van der Waals surface area contributed by atoms with Crippen LogP contribution in [0.3, 0.4) is 0 Å². The Morgan fingerprint density at radius 2 is 2.04 bits per heavy atom. The van der Waals surface area contributed by atoms with E-state index in [0.717, 1.165) is 0 Å². The Morgan fingerprint density at radius 1 is 1.32 bits per heavy atom. The number of hydrogen-bond donors (Lipinski definition) is 0. The fourth-order valence-corrected chi connectivity index (χ4v) is 4.00. The van der Waals surface area contributed by atoms with Crippen LogP contribution >= 0.6 is 15.9 Å². The summed E-state index contributed by atoms with van der Waals surface area (Å²) >= 11 is 3.06. The Labute approximate surface area is 151 Å². The molecule has 0 radical (unpaired) electrons. The highest BCUT2D eigenvalue weighted by molar-refractivity contribution is 9.10. The number of hydrogen-bond acceptors (Lipinski definition) is 5. The van der Waals surface area contributed by atoms with Crippen molar-refractivity contribution in [3.63, 3.8) is 0 Å². The van der Waals surface area contributed by atoms with Crippen LogP contribution in [0.2, 0.25) is 0 Å². The third-order valence-corrected chi connectivity index (χ3v) is 6.18. The third-order valence-electron chi connectivity index (χ3n) is 3.79. The summed E-state index contributed by atoms with van der Waals surface area (Å²) in [6, 6.07) is 2.94. The number of aryl methyl sites for hydroxylation is 1. The van der Waals surface area contributed by atoms with Crippen molar-refractivity contribution < 1.29 is 17.2 Å². The second-order valence-corrected chi connectivity index (χ2v) is 8.34. The minimum Gasteiger partial charge on any atom is -0.310 e. The maximum Gasteiger partial charge on any atom is 0.267 e. The molecule has 0 aliphatic carbocycles. The molecule has 0 aliphatic heterocycles. The lowest BCUT2D eigenvalue weighted by Gasteiger charge is -2.07. The molecule has 3 rings (SSSR count). The van der Waals surface area contributed by atoms with Crippen molar-refractivity contribution in [2.75, 3.05) is 5.75 Å². The zero-order valence-corrected chi connectivity index (χ0v) is 15.6. The van der Waals surface area contributed by atoms with E-state index in [0.29, 0.717) is 0 Å². The van der Waals surface area contributed by atoms with Crippen LogP contribution in [0.15, 0.2) is 33.9 Å². The fraction of sp³-hybridized carbons (Fsp3) is 0.267. The number of sulfone groups is 1. The Morgan fingerprint density at radius 3 is 2.68 bits per heavy atom. The average molecular weight is 431 g/mol. The van der Waals surface area contributed by atoms with Crippen LogP contribution < -0.4 is 0 Å². The molecule has 0 bridgehead atoms. The highest BCUT2D eigenvalue weighted by Crippen LogP contribution is 2.35. The first kappa shape index (κ1) is 17.9. The minimum atomic E-state index is -3.56. The number of pyridine rings is 2. The molecule has 10 heteroatoms. The number of fused-ring (bicyclic) bond motifs is 1. The van der Waals surface area contributed by atoms with Gasteiger partial charge in [0.25, 0.3) is 6.43 Å². The minimum absolute atomic E-state index is 0.00683. The molecule has 0 saturated heterocycles. The summed E-state index contributed by atoms with van der Waals surface area (Å²) in [5, 5.41) is 0. The number of rotatable bonds is 4. The van der Waals surface area contributed by atoms with E-state index in [9.17, 15) is 17.2 Å². The fourth-order valence-electron chi connectivity index (χ4n) is 2.50.